The first-order valence-corrected chi connectivity index (χ1v) is 9.63. The van der Waals surface area contributed by atoms with E-state index in [1.165, 1.54) is 0 Å². The first-order valence-electron chi connectivity index (χ1n) is 9.63. The molecule has 0 radical (unpaired) electrons. The molecule has 0 saturated carbocycles. The molecule has 1 aliphatic rings. The maximum Gasteiger partial charge on any atom is 0.414 e. The molecule has 0 unspecified atom stereocenters. The fraction of sp³-hybridized carbons (Fsp3) is 0.167. The lowest BCUT2D eigenvalue weighted by molar-refractivity contribution is -0.122. The third-order valence-corrected chi connectivity index (χ3v) is 4.97. The van der Waals surface area contributed by atoms with Crippen molar-refractivity contribution in [3.63, 3.8) is 0 Å². The normalized spacial score (nSPS) is 16.0. The zero-order valence-corrected chi connectivity index (χ0v) is 15.9. The van der Waals surface area contributed by atoms with Crippen molar-refractivity contribution in [2.75, 3.05) is 18.0 Å². The number of hydrogen-bond donors (Lipinski definition) is 1. The first kappa shape index (κ1) is 18.7. The third kappa shape index (κ3) is 4.29. The number of nitrogens with one attached hydrogen (secondary N) is 1. The standard InChI is InChI=1S/C24H22N2O3/c27-23(22(18-10-4-1-5-11-18)19-12-6-2-7-13-19)25-16-21-17-26(24(28)29-21)20-14-8-3-9-15-20/h1-15,21-22H,16-17H2,(H,25,27)/t21-/m0/s1. The van der Waals surface area contributed by atoms with Crippen LogP contribution in [0.15, 0.2) is 91.0 Å². The number of benzene rings is 3. The molecule has 1 N–H and O–H groups in total. The van der Waals surface area contributed by atoms with Crippen LogP contribution in [-0.4, -0.2) is 31.2 Å². The average molecular weight is 386 g/mol. The van der Waals surface area contributed by atoms with Gasteiger partial charge in [-0.1, -0.05) is 78.9 Å². The van der Waals surface area contributed by atoms with Crippen molar-refractivity contribution in [1.82, 2.24) is 5.32 Å². The number of anilines is 1. The summed E-state index contributed by atoms with van der Waals surface area (Å²) >= 11 is 0. The van der Waals surface area contributed by atoms with Gasteiger partial charge in [-0.05, 0) is 23.3 Å². The molecule has 4 rings (SSSR count). The third-order valence-electron chi connectivity index (χ3n) is 4.97. The lowest BCUT2D eigenvalue weighted by atomic mass is 9.90. The van der Waals surface area contributed by atoms with E-state index in [2.05, 4.69) is 5.32 Å². The summed E-state index contributed by atoms with van der Waals surface area (Å²) in [5.41, 5.74) is 2.63. The molecule has 1 heterocycles. The van der Waals surface area contributed by atoms with Crippen LogP contribution in [0.5, 0.6) is 0 Å². The van der Waals surface area contributed by atoms with Crippen molar-refractivity contribution in [3.05, 3.63) is 102 Å². The Balaban J connectivity index is 1.44. The van der Waals surface area contributed by atoms with Crippen molar-refractivity contribution in [2.24, 2.45) is 0 Å². The average Bonchev–Trinajstić information content (AvgIpc) is 3.15. The summed E-state index contributed by atoms with van der Waals surface area (Å²) in [6.45, 7) is 0.675. The number of ether oxygens (including phenoxy) is 1. The SMILES string of the molecule is O=C(NC[C@H]1CN(c2ccccc2)C(=O)O1)C(c1ccccc1)c1ccccc1. The maximum absolute atomic E-state index is 13.1. The number of cyclic esters (lactones) is 1. The van der Waals surface area contributed by atoms with E-state index in [9.17, 15) is 9.59 Å². The molecule has 0 bridgehead atoms. The van der Waals surface area contributed by atoms with Crippen LogP contribution >= 0.6 is 0 Å². The number of para-hydroxylation sites is 1. The monoisotopic (exact) mass is 386 g/mol. The van der Waals surface area contributed by atoms with Crippen LogP contribution in [0.3, 0.4) is 0 Å². The largest absolute Gasteiger partial charge is 0.442 e. The zero-order valence-electron chi connectivity index (χ0n) is 15.9. The van der Waals surface area contributed by atoms with Crippen molar-refractivity contribution >= 4 is 17.7 Å². The van der Waals surface area contributed by atoms with E-state index in [0.29, 0.717) is 6.54 Å². The lowest BCUT2D eigenvalue weighted by Crippen LogP contribution is -2.37. The Morgan fingerprint density at radius 3 is 1.97 bits per heavy atom. The number of carbonyl (C=O) groups excluding carboxylic acids is 2. The molecule has 1 atom stereocenters. The Labute approximate surface area is 169 Å². The van der Waals surface area contributed by atoms with E-state index in [-0.39, 0.29) is 18.6 Å². The van der Waals surface area contributed by atoms with Crippen LogP contribution in [0, 0.1) is 0 Å². The van der Waals surface area contributed by atoms with Crippen molar-refractivity contribution < 1.29 is 14.3 Å². The van der Waals surface area contributed by atoms with E-state index in [1.54, 1.807) is 4.90 Å². The zero-order chi connectivity index (χ0) is 20.1. The predicted molar refractivity (Wildman–Crippen MR) is 112 cm³/mol. The summed E-state index contributed by atoms with van der Waals surface area (Å²) in [6, 6.07) is 28.7. The number of hydrogen-bond acceptors (Lipinski definition) is 3. The van der Waals surface area contributed by atoms with Crippen LogP contribution in [0.2, 0.25) is 0 Å². The second-order valence-corrected chi connectivity index (χ2v) is 6.95. The van der Waals surface area contributed by atoms with Crippen LogP contribution in [0.25, 0.3) is 0 Å². The molecule has 146 valence electrons. The van der Waals surface area contributed by atoms with Crippen LogP contribution < -0.4 is 10.2 Å². The van der Waals surface area contributed by atoms with E-state index in [0.717, 1.165) is 16.8 Å². The molecular formula is C24H22N2O3. The van der Waals surface area contributed by atoms with Gasteiger partial charge in [0.1, 0.15) is 6.10 Å². The quantitative estimate of drug-likeness (QED) is 0.698. The second-order valence-electron chi connectivity index (χ2n) is 6.95. The van der Waals surface area contributed by atoms with Crippen molar-refractivity contribution in [1.29, 1.82) is 0 Å². The molecule has 2 amide bonds. The Morgan fingerprint density at radius 1 is 0.897 bits per heavy atom. The van der Waals surface area contributed by atoms with Gasteiger partial charge in [0.25, 0.3) is 0 Å². The van der Waals surface area contributed by atoms with Gasteiger partial charge in [0.05, 0.1) is 19.0 Å². The molecule has 1 fully saturated rings. The highest BCUT2D eigenvalue weighted by molar-refractivity contribution is 5.90. The number of rotatable bonds is 6. The summed E-state index contributed by atoms with van der Waals surface area (Å²) in [5.74, 6) is -0.531. The van der Waals surface area contributed by atoms with Crippen molar-refractivity contribution in [3.8, 4) is 0 Å². The van der Waals surface area contributed by atoms with Gasteiger partial charge in [-0.15, -0.1) is 0 Å². The second kappa shape index (κ2) is 8.61. The van der Waals surface area contributed by atoms with Crippen molar-refractivity contribution in [2.45, 2.75) is 12.0 Å². The molecule has 0 spiro atoms. The summed E-state index contributed by atoms with van der Waals surface area (Å²) < 4.78 is 5.44. The topological polar surface area (TPSA) is 58.6 Å². The molecule has 0 aromatic heterocycles. The van der Waals surface area contributed by atoms with Gasteiger partial charge in [0, 0.05) is 5.69 Å². The fourth-order valence-electron chi connectivity index (χ4n) is 3.55. The van der Waals surface area contributed by atoms with Gasteiger partial charge < -0.3 is 10.1 Å². The maximum atomic E-state index is 13.1. The van der Waals surface area contributed by atoms with E-state index >= 15 is 0 Å². The number of amides is 2. The van der Waals surface area contributed by atoms with Gasteiger partial charge in [-0.25, -0.2) is 4.79 Å². The molecule has 5 heteroatoms. The fourth-order valence-corrected chi connectivity index (χ4v) is 3.55. The molecular weight excluding hydrogens is 364 g/mol. The van der Waals surface area contributed by atoms with E-state index in [4.69, 9.17) is 4.74 Å². The van der Waals surface area contributed by atoms with Gasteiger partial charge in [-0.2, -0.15) is 0 Å². The molecule has 3 aromatic carbocycles. The van der Waals surface area contributed by atoms with E-state index in [1.807, 2.05) is 91.0 Å². The highest BCUT2D eigenvalue weighted by atomic mass is 16.6. The van der Waals surface area contributed by atoms with Crippen LogP contribution in [0.1, 0.15) is 17.0 Å². The number of carbonyl (C=O) groups is 2. The molecule has 5 nitrogen and oxygen atoms in total. The number of nitrogens with zero attached hydrogens (tertiary/aromatic N) is 1. The highest BCUT2D eigenvalue weighted by Crippen LogP contribution is 2.25. The van der Waals surface area contributed by atoms with Crippen LogP contribution in [0.4, 0.5) is 10.5 Å². The summed E-state index contributed by atoms with van der Waals surface area (Å²) in [7, 11) is 0. The Hall–Kier alpha value is -3.60. The first-order chi connectivity index (χ1) is 14.2. The summed E-state index contributed by atoms with van der Waals surface area (Å²) in [6.07, 6.45) is -0.781. The predicted octanol–water partition coefficient (Wildman–Crippen LogP) is 3.96. The van der Waals surface area contributed by atoms with Gasteiger partial charge in [-0.3, -0.25) is 9.69 Å². The minimum Gasteiger partial charge on any atom is -0.442 e. The van der Waals surface area contributed by atoms with E-state index < -0.39 is 12.0 Å². The van der Waals surface area contributed by atoms with Gasteiger partial charge in [0.15, 0.2) is 0 Å². The molecule has 1 aliphatic heterocycles. The summed E-state index contributed by atoms with van der Waals surface area (Å²) in [5, 5.41) is 2.97. The Kier molecular flexibility index (Phi) is 5.56. The Bertz CT molecular complexity index is 922. The molecule has 3 aromatic rings. The van der Waals surface area contributed by atoms with Gasteiger partial charge in [0.2, 0.25) is 5.91 Å². The smallest absolute Gasteiger partial charge is 0.414 e. The minimum atomic E-state index is -0.417. The summed E-state index contributed by atoms with van der Waals surface area (Å²) in [4.78, 5) is 26.9. The lowest BCUT2D eigenvalue weighted by Gasteiger charge is -2.19. The van der Waals surface area contributed by atoms with Gasteiger partial charge >= 0.3 is 6.09 Å². The van der Waals surface area contributed by atoms with Crippen LogP contribution in [-0.2, 0) is 9.53 Å². The molecule has 1 saturated heterocycles. The molecule has 29 heavy (non-hydrogen) atoms. The Morgan fingerprint density at radius 2 is 1.41 bits per heavy atom. The highest BCUT2D eigenvalue weighted by Gasteiger charge is 2.33. The minimum absolute atomic E-state index is 0.114. The molecule has 0 aliphatic carbocycles.